The van der Waals surface area contributed by atoms with E-state index in [0.29, 0.717) is 5.82 Å². The molecule has 10 aromatic rings. The average Bonchev–Trinajstić information content (AvgIpc) is 3.26. The fraction of sp³-hybridized carbons (Fsp3) is 0.0392. The second-order valence-electron chi connectivity index (χ2n) is 14.3. The van der Waals surface area contributed by atoms with Gasteiger partial charge in [0, 0.05) is 56.5 Å². The van der Waals surface area contributed by atoms with Gasteiger partial charge in [-0.2, -0.15) is 0 Å². The van der Waals surface area contributed by atoms with Gasteiger partial charge < -0.3 is 0 Å². The molecular weight excluding hydrogens is 683 g/mol. The van der Waals surface area contributed by atoms with Crippen LogP contribution < -0.4 is 0 Å². The van der Waals surface area contributed by atoms with Crippen molar-refractivity contribution in [1.29, 1.82) is 0 Å². The van der Waals surface area contributed by atoms with Crippen molar-refractivity contribution in [2.75, 3.05) is 0 Å². The van der Waals surface area contributed by atoms with Gasteiger partial charge >= 0.3 is 0 Å². The standard InChI is InChI=1S/C51H35N5/c1-32-28-46(54-50-43(32)25-24-39-15-14-33(2)53-49(39)50)37-20-16-34(17-21-37)35-18-22-38(23-19-35)47-30-48(56-51(55-47)40-8-4-3-5-9-40)42-12-6-11-41(29-42)44-13-7-10-36-26-27-52-31-45(36)44/h3-31H,1-2H3. The van der Waals surface area contributed by atoms with E-state index in [4.69, 9.17) is 19.9 Å². The molecule has 264 valence electrons. The van der Waals surface area contributed by atoms with E-state index in [1.165, 1.54) is 5.56 Å². The van der Waals surface area contributed by atoms with Crippen LogP contribution in [-0.4, -0.2) is 24.9 Å². The van der Waals surface area contributed by atoms with Gasteiger partial charge in [0.15, 0.2) is 5.82 Å². The molecule has 0 bridgehead atoms. The van der Waals surface area contributed by atoms with Crippen molar-refractivity contribution in [1.82, 2.24) is 24.9 Å². The van der Waals surface area contributed by atoms with Crippen molar-refractivity contribution in [2.45, 2.75) is 13.8 Å². The molecular formula is C51H35N5. The molecule has 4 heterocycles. The lowest BCUT2D eigenvalue weighted by Crippen LogP contribution is -1.96. The highest BCUT2D eigenvalue weighted by Gasteiger charge is 2.14. The minimum absolute atomic E-state index is 0.689. The molecule has 0 saturated heterocycles. The number of pyridine rings is 3. The lowest BCUT2D eigenvalue weighted by molar-refractivity contribution is 1.18. The van der Waals surface area contributed by atoms with E-state index in [2.05, 4.69) is 158 Å². The Balaban J connectivity index is 0.986. The Labute approximate surface area is 325 Å². The Morgan fingerprint density at radius 1 is 0.375 bits per heavy atom. The number of benzene rings is 6. The Morgan fingerprint density at radius 3 is 1.79 bits per heavy atom. The van der Waals surface area contributed by atoms with Crippen LogP contribution in [0.3, 0.4) is 0 Å². The molecule has 0 aliphatic rings. The molecule has 0 N–H and O–H groups in total. The number of aromatic nitrogens is 5. The van der Waals surface area contributed by atoms with E-state index >= 15 is 0 Å². The molecule has 56 heavy (non-hydrogen) atoms. The summed E-state index contributed by atoms with van der Waals surface area (Å²) in [7, 11) is 0. The summed E-state index contributed by atoms with van der Waals surface area (Å²) in [4.78, 5) is 24.6. The van der Waals surface area contributed by atoms with Crippen molar-refractivity contribution in [3.63, 3.8) is 0 Å². The zero-order valence-corrected chi connectivity index (χ0v) is 31.0. The van der Waals surface area contributed by atoms with Gasteiger partial charge in [0.1, 0.15) is 0 Å². The van der Waals surface area contributed by atoms with Crippen LogP contribution in [0.5, 0.6) is 0 Å². The summed E-state index contributed by atoms with van der Waals surface area (Å²) in [5.74, 6) is 0.689. The van der Waals surface area contributed by atoms with Gasteiger partial charge in [-0.1, -0.05) is 133 Å². The molecule has 0 atom stereocenters. The molecule has 0 saturated carbocycles. The van der Waals surface area contributed by atoms with Crippen LogP contribution in [0.15, 0.2) is 176 Å². The summed E-state index contributed by atoms with van der Waals surface area (Å²) in [6.45, 7) is 4.18. The zero-order valence-electron chi connectivity index (χ0n) is 31.0. The average molecular weight is 718 g/mol. The summed E-state index contributed by atoms with van der Waals surface area (Å²) in [5.41, 5.74) is 15.4. The van der Waals surface area contributed by atoms with Crippen LogP contribution >= 0.6 is 0 Å². The van der Waals surface area contributed by atoms with Crippen molar-refractivity contribution in [3.8, 4) is 67.4 Å². The number of nitrogens with zero attached hydrogens (tertiary/aromatic N) is 5. The van der Waals surface area contributed by atoms with E-state index in [-0.39, 0.29) is 0 Å². The van der Waals surface area contributed by atoms with E-state index in [1.54, 1.807) is 0 Å². The zero-order chi connectivity index (χ0) is 37.6. The van der Waals surface area contributed by atoms with Gasteiger partial charge in [0.05, 0.1) is 28.1 Å². The summed E-state index contributed by atoms with van der Waals surface area (Å²) in [6, 6.07) is 57.2. The summed E-state index contributed by atoms with van der Waals surface area (Å²) in [5, 5.41) is 4.52. The van der Waals surface area contributed by atoms with Crippen molar-refractivity contribution in [3.05, 3.63) is 187 Å². The highest BCUT2D eigenvalue weighted by molar-refractivity contribution is 6.04. The van der Waals surface area contributed by atoms with Crippen molar-refractivity contribution in [2.24, 2.45) is 0 Å². The number of hydrogen-bond donors (Lipinski definition) is 0. The molecule has 0 aliphatic heterocycles. The van der Waals surface area contributed by atoms with Gasteiger partial charge in [-0.15, -0.1) is 0 Å². The minimum atomic E-state index is 0.689. The van der Waals surface area contributed by atoms with Crippen LogP contribution in [0.25, 0.3) is 100.0 Å². The van der Waals surface area contributed by atoms with Gasteiger partial charge in [-0.3, -0.25) is 9.97 Å². The summed E-state index contributed by atoms with van der Waals surface area (Å²) >= 11 is 0. The van der Waals surface area contributed by atoms with E-state index in [0.717, 1.165) is 99.9 Å². The van der Waals surface area contributed by atoms with Gasteiger partial charge in [0.2, 0.25) is 0 Å². The van der Waals surface area contributed by atoms with Gasteiger partial charge in [0.25, 0.3) is 0 Å². The number of hydrogen-bond acceptors (Lipinski definition) is 5. The summed E-state index contributed by atoms with van der Waals surface area (Å²) < 4.78 is 0. The monoisotopic (exact) mass is 717 g/mol. The second kappa shape index (κ2) is 13.8. The highest BCUT2D eigenvalue weighted by atomic mass is 14.9. The molecule has 0 unspecified atom stereocenters. The maximum Gasteiger partial charge on any atom is 0.160 e. The van der Waals surface area contributed by atoms with Gasteiger partial charge in [-0.05, 0) is 77.4 Å². The van der Waals surface area contributed by atoms with E-state index < -0.39 is 0 Å². The summed E-state index contributed by atoms with van der Waals surface area (Å²) in [6.07, 6.45) is 3.78. The van der Waals surface area contributed by atoms with Crippen LogP contribution in [0.4, 0.5) is 0 Å². The molecule has 0 spiro atoms. The molecule has 0 amide bonds. The SMILES string of the molecule is Cc1ccc2ccc3c(C)cc(-c4ccc(-c5ccc(-c6cc(-c7cccc(-c8cccc9ccncc89)c7)nc(-c7ccccc7)n6)cc5)cc4)nc3c2n1. The van der Waals surface area contributed by atoms with Crippen LogP contribution in [-0.2, 0) is 0 Å². The van der Waals surface area contributed by atoms with Crippen LogP contribution in [0.1, 0.15) is 11.3 Å². The van der Waals surface area contributed by atoms with Crippen LogP contribution in [0.2, 0.25) is 0 Å². The Morgan fingerprint density at radius 2 is 1.02 bits per heavy atom. The number of rotatable bonds is 6. The lowest BCUT2D eigenvalue weighted by Gasteiger charge is -2.12. The van der Waals surface area contributed by atoms with Crippen molar-refractivity contribution < 1.29 is 0 Å². The maximum atomic E-state index is 5.14. The minimum Gasteiger partial charge on any atom is -0.264 e. The fourth-order valence-corrected chi connectivity index (χ4v) is 7.62. The predicted octanol–water partition coefficient (Wildman–Crippen LogP) is 12.7. The third-order valence-electron chi connectivity index (χ3n) is 10.6. The smallest absolute Gasteiger partial charge is 0.160 e. The first-order chi connectivity index (χ1) is 27.5. The fourth-order valence-electron chi connectivity index (χ4n) is 7.62. The first kappa shape index (κ1) is 33.2. The molecule has 0 radical (unpaired) electrons. The molecule has 5 nitrogen and oxygen atoms in total. The third kappa shape index (κ3) is 6.15. The van der Waals surface area contributed by atoms with Crippen LogP contribution in [0, 0.1) is 13.8 Å². The van der Waals surface area contributed by atoms with Gasteiger partial charge in [-0.25, -0.2) is 15.0 Å². The first-order valence-corrected chi connectivity index (χ1v) is 18.8. The second-order valence-corrected chi connectivity index (χ2v) is 14.3. The molecule has 10 rings (SSSR count). The Kier molecular flexibility index (Phi) is 8.19. The van der Waals surface area contributed by atoms with E-state index in [9.17, 15) is 0 Å². The third-order valence-corrected chi connectivity index (χ3v) is 10.6. The Hall–Kier alpha value is -7.37. The lowest BCUT2D eigenvalue weighted by atomic mass is 9.97. The highest BCUT2D eigenvalue weighted by Crippen LogP contribution is 2.35. The molecule has 4 aromatic heterocycles. The van der Waals surface area contributed by atoms with E-state index in [1.807, 2.05) is 37.5 Å². The normalized spacial score (nSPS) is 11.4. The predicted molar refractivity (Wildman–Crippen MR) is 230 cm³/mol. The largest absolute Gasteiger partial charge is 0.264 e. The molecule has 5 heteroatoms. The number of aryl methyl sites for hydroxylation is 2. The maximum absolute atomic E-state index is 5.14. The molecule has 0 aliphatic carbocycles. The first-order valence-electron chi connectivity index (χ1n) is 18.8. The van der Waals surface area contributed by atoms with Crippen molar-refractivity contribution >= 4 is 32.6 Å². The topological polar surface area (TPSA) is 64.5 Å². The Bertz CT molecular complexity index is 3080. The molecule has 6 aromatic carbocycles. The quantitative estimate of drug-likeness (QED) is 0.160. The number of fused-ring (bicyclic) bond motifs is 4. The molecule has 0 fully saturated rings.